The van der Waals surface area contributed by atoms with Crippen LogP contribution >= 0.6 is 11.6 Å². The summed E-state index contributed by atoms with van der Waals surface area (Å²) in [6.07, 6.45) is 0. The van der Waals surface area contributed by atoms with Crippen molar-refractivity contribution < 1.29 is 14.4 Å². The van der Waals surface area contributed by atoms with Crippen LogP contribution in [0.3, 0.4) is 0 Å². The van der Waals surface area contributed by atoms with E-state index in [1.54, 1.807) is 31.4 Å². The van der Waals surface area contributed by atoms with Crippen molar-refractivity contribution in [2.45, 2.75) is 0 Å². The fourth-order valence-corrected chi connectivity index (χ4v) is 3.83. The zero-order valence-corrected chi connectivity index (χ0v) is 19.2. The van der Waals surface area contributed by atoms with Crippen molar-refractivity contribution in [2.75, 3.05) is 44.7 Å². The van der Waals surface area contributed by atoms with E-state index in [0.717, 1.165) is 43.2 Å². The molecule has 0 radical (unpaired) electrons. The third-order valence-electron chi connectivity index (χ3n) is 5.61. The lowest BCUT2D eigenvalue weighted by Crippen LogP contribution is -2.48. The number of nitrogens with zero attached hydrogens (tertiary/aromatic N) is 3. The van der Waals surface area contributed by atoms with Gasteiger partial charge in [-0.05, 0) is 48.5 Å². The molecule has 170 valence electrons. The Morgan fingerprint density at radius 1 is 0.879 bits per heavy atom. The van der Waals surface area contributed by atoms with E-state index in [2.05, 4.69) is 27.1 Å². The maximum Gasteiger partial charge on any atom is 0.365 e. The van der Waals surface area contributed by atoms with Crippen molar-refractivity contribution in [2.24, 2.45) is 5.16 Å². The lowest BCUT2D eigenvalue weighted by atomic mass is 10.1. The van der Waals surface area contributed by atoms with Crippen molar-refractivity contribution in [3.63, 3.8) is 0 Å². The number of carbonyl (C=O) groups excluding carboxylic acids is 1. The van der Waals surface area contributed by atoms with Crippen LogP contribution in [0, 0.1) is 0 Å². The molecule has 1 saturated heterocycles. The number of hydrogen-bond acceptors (Lipinski definition) is 6. The fourth-order valence-electron chi connectivity index (χ4n) is 3.71. The van der Waals surface area contributed by atoms with E-state index in [4.69, 9.17) is 21.2 Å². The molecule has 0 spiro atoms. The van der Waals surface area contributed by atoms with E-state index >= 15 is 0 Å². The molecule has 0 bridgehead atoms. The molecule has 33 heavy (non-hydrogen) atoms. The van der Waals surface area contributed by atoms with Gasteiger partial charge in [0.15, 0.2) is 0 Å². The van der Waals surface area contributed by atoms with Gasteiger partial charge in [0.25, 0.3) is 0 Å². The first kappa shape index (κ1) is 22.8. The fraction of sp³-hybridized carbons (Fsp3) is 0.231. The Morgan fingerprint density at radius 3 is 2.18 bits per heavy atom. The summed E-state index contributed by atoms with van der Waals surface area (Å²) in [5.41, 5.74) is 3.24. The van der Waals surface area contributed by atoms with Gasteiger partial charge in [0.2, 0.25) is 0 Å². The first-order chi connectivity index (χ1) is 16.1. The summed E-state index contributed by atoms with van der Waals surface area (Å²) in [5.74, 6) is 0.346. The lowest BCUT2D eigenvalue weighted by Gasteiger charge is -2.36. The topological polar surface area (TPSA) is 54.4 Å². The minimum Gasteiger partial charge on any atom is -0.497 e. The molecule has 1 aliphatic rings. The standard InChI is InChI=1S/C26H26ClN3O3/c1-32-24-13-11-23(12-14-24)30-17-15-29(16-18-30)19-25(20-5-3-2-4-6-20)28-33-26(31)21-7-9-22(27)10-8-21/h2-14H,15-19H2,1H3. The van der Waals surface area contributed by atoms with Gasteiger partial charge in [0, 0.05) is 49.0 Å². The highest BCUT2D eigenvalue weighted by Gasteiger charge is 2.20. The van der Waals surface area contributed by atoms with Gasteiger partial charge in [-0.25, -0.2) is 4.79 Å². The van der Waals surface area contributed by atoms with Crippen LogP contribution < -0.4 is 9.64 Å². The van der Waals surface area contributed by atoms with Crippen molar-refractivity contribution in [3.8, 4) is 5.75 Å². The van der Waals surface area contributed by atoms with E-state index < -0.39 is 5.97 Å². The van der Waals surface area contributed by atoms with Gasteiger partial charge in [-0.1, -0.05) is 47.1 Å². The Morgan fingerprint density at radius 2 is 1.55 bits per heavy atom. The van der Waals surface area contributed by atoms with Gasteiger partial charge < -0.3 is 14.5 Å². The molecule has 6 nitrogen and oxygen atoms in total. The van der Waals surface area contributed by atoms with Gasteiger partial charge in [-0.15, -0.1) is 0 Å². The first-order valence-corrected chi connectivity index (χ1v) is 11.2. The summed E-state index contributed by atoms with van der Waals surface area (Å²) in [5, 5.41) is 4.81. The molecule has 1 aliphatic heterocycles. The average molecular weight is 464 g/mol. The highest BCUT2D eigenvalue weighted by atomic mass is 35.5. The zero-order chi connectivity index (χ0) is 23.0. The number of ether oxygens (including phenoxy) is 1. The molecule has 0 atom stereocenters. The molecule has 0 saturated carbocycles. The smallest absolute Gasteiger partial charge is 0.365 e. The van der Waals surface area contributed by atoms with Gasteiger partial charge in [0.05, 0.1) is 12.7 Å². The second-order valence-corrected chi connectivity index (χ2v) is 8.19. The summed E-state index contributed by atoms with van der Waals surface area (Å²) in [6.45, 7) is 4.15. The maximum atomic E-state index is 12.4. The molecule has 1 fully saturated rings. The van der Waals surface area contributed by atoms with E-state index in [0.29, 0.717) is 17.1 Å². The number of halogens is 1. The first-order valence-electron chi connectivity index (χ1n) is 10.8. The lowest BCUT2D eigenvalue weighted by molar-refractivity contribution is 0.0514. The minimum absolute atomic E-state index is 0.406. The minimum atomic E-state index is -0.510. The van der Waals surface area contributed by atoms with E-state index in [-0.39, 0.29) is 0 Å². The van der Waals surface area contributed by atoms with Gasteiger partial charge in [0.1, 0.15) is 11.5 Å². The number of carbonyl (C=O) groups is 1. The Kier molecular flexibility index (Phi) is 7.60. The van der Waals surface area contributed by atoms with Gasteiger partial charge in [-0.2, -0.15) is 0 Å². The SMILES string of the molecule is COc1ccc(N2CCN(CC(=NOC(=O)c3ccc(Cl)cc3)c3ccccc3)CC2)cc1. The molecule has 0 aliphatic carbocycles. The van der Waals surface area contributed by atoms with E-state index in [9.17, 15) is 4.79 Å². The van der Waals surface area contributed by atoms with Gasteiger partial charge >= 0.3 is 5.97 Å². The Hall–Kier alpha value is -3.35. The molecule has 0 N–H and O–H groups in total. The monoisotopic (exact) mass is 463 g/mol. The van der Waals surface area contributed by atoms with Gasteiger partial charge in [-0.3, -0.25) is 4.90 Å². The molecule has 7 heteroatoms. The van der Waals surface area contributed by atoms with Crippen LogP contribution in [0.25, 0.3) is 0 Å². The summed E-state index contributed by atoms with van der Waals surface area (Å²) >= 11 is 5.90. The van der Waals surface area contributed by atoms with Crippen LogP contribution in [0.2, 0.25) is 5.02 Å². The number of methoxy groups -OCH3 is 1. The second-order valence-electron chi connectivity index (χ2n) is 7.75. The highest BCUT2D eigenvalue weighted by Crippen LogP contribution is 2.21. The normalized spacial score (nSPS) is 14.7. The quantitative estimate of drug-likeness (QED) is 0.288. The summed E-state index contributed by atoms with van der Waals surface area (Å²) in [6, 6.07) is 24.5. The zero-order valence-electron chi connectivity index (χ0n) is 18.5. The van der Waals surface area contributed by atoms with Crippen LogP contribution in [0.15, 0.2) is 84.0 Å². The molecule has 4 rings (SSSR count). The number of benzene rings is 3. The third kappa shape index (κ3) is 6.12. The van der Waals surface area contributed by atoms with Crippen molar-refractivity contribution >= 4 is 29.0 Å². The molecule has 0 aromatic heterocycles. The molecule has 3 aromatic rings. The van der Waals surface area contributed by atoms with Crippen LogP contribution in [-0.2, 0) is 4.84 Å². The average Bonchev–Trinajstić information content (AvgIpc) is 2.88. The predicted molar refractivity (Wildman–Crippen MR) is 131 cm³/mol. The Balaban J connectivity index is 1.41. The summed E-state index contributed by atoms with van der Waals surface area (Å²) in [4.78, 5) is 22.4. The van der Waals surface area contributed by atoms with Crippen molar-refractivity contribution in [1.82, 2.24) is 4.90 Å². The highest BCUT2D eigenvalue weighted by molar-refractivity contribution is 6.30. The number of rotatable bonds is 7. The summed E-state index contributed by atoms with van der Waals surface area (Å²) < 4.78 is 5.25. The Bertz CT molecular complexity index is 1080. The third-order valence-corrected chi connectivity index (χ3v) is 5.86. The Labute approximate surface area is 199 Å². The van der Waals surface area contributed by atoms with Crippen LogP contribution in [0.5, 0.6) is 5.75 Å². The number of anilines is 1. The maximum absolute atomic E-state index is 12.4. The molecular weight excluding hydrogens is 438 g/mol. The molecular formula is C26H26ClN3O3. The number of hydrogen-bond donors (Lipinski definition) is 0. The number of piperazine rings is 1. The largest absolute Gasteiger partial charge is 0.497 e. The molecule has 0 amide bonds. The molecule has 0 unspecified atom stereocenters. The predicted octanol–water partition coefficient (Wildman–Crippen LogP) is 4.73. The van der Waals surface area contributed by atoms with E-state index in [1.807, 2.05) is 42.5 Å². The van der Waals surface area contributed by atoms with Crippen LogP contribution in [0.1, 0.15) is 15.9 Å². The van der Waals surface area contributed by atoms with Crippen molar-refractivity contribution in [3.05, 3.63) is 95.0 Å². The molecule has 3 aromatic carbocycles. The van der Waals surface area contributed by atoms with Crippen LogP contribution in [-0.4, -0.2) is 56.4 Å². The number of oxime groups is 1. The summed E-state index contributed by atoms with van der Waals surface area (Å²) in [7, 11) is 1.67. The van der Waals surface area contributed by atoms with E-state index in [1.165, 1.54) is 5.69 Å². The van der Waals surface area contributed by atoms with Crippen LogP contribution in [0.4, 0.5) is 5.69 Å². The van der Waals surface area contributed by atoms with Crippen molar-refractivity contribution in [1.29, 1.82) is 0 Å². The second kappa shape index (κ2) is 11.0. The molecule has 1 heterocycles.